The highest BCUT2D eigenvalue weighted by Crippen LogP contribution is 2.39. The van der Waals surface area contributed by atoms with E-state index in [1.807, 2.05) is 0 Å². The van der Waals surface area contributed by atoms with Crippen molar-refractivity contribution in [3.05, 3.63) is 16.1 Å². The van der Waals surface area contributed by atoms with Gasteiger partial charge in [0.2, 0.25) is 0 Å². The quantitative estimate of drug-likeness (QED) is 0.905. The summed E-state index contributed by atoms with van der Waals surface area (Å²) in [7, 11) is 2.12. The summed E-state index contributed by atoms with van der Waals surface area (Å²) in [5, 5.41) is 7.06. The Hall–Kier alpha value is -0.490. The maximum atomic E-state index is 5.57. The van der Waals surface area contributed by atoms with Gasteiger partial charge in [0.15, 0.2) is 0 Å². The van der Waals surface area contributed by atoms with E-state index in [2.05, 4.69) is 34.6 Å². The maximum Gasteiger partial charge on any atom is 0.0944 e. The van der Waals surface area contributed by atoms with Crippen molar-refractivity contribution in [2.75, 3.05) is 33.4 Å². The fourth-order valence-electron chi connectivity index (χ4n) is 4.11. The second kappa shape index (κ2) is 6.73. The molecule has 2 heterocycles. The summed E-state index contributed by atoms with van der Waals surface area (Å²) < 4.78 is 5.57. The highest BCUT2D eigenvalue weighted by molar-refractivity contribution is 7.09. The number of likely N-dealkylation sites (N-methyl/N-ethyl adjacent to an activating group) is 1. The number of hydrogen-bond acceptors (Lipinski definition) is 5. The molecule has 21 heavy (non-hydrogen) atoms. The first-order valence-electron chi connectivity index (χ1n) is 8.16. The Morgan fingerprint density at radius 2 is 2.10 bits per heavy atom. The Labute approximate surface area is 131 Å². The zero-order chi connectivity index (χ0) is 14.7. The molecule has 1 aliphatic carbocycles. The van der Waals surface area contributed by atoms with Gasteiger partial charge in [-0.15, -0.1) is 11.3 Å². The SMILES string of the molecule is CNC(Cc1nc(C)cs1)C1(N2CCOCC2)CCCC1. The molecule has 1 aromatic heterocycles. The normalized spacial score (nSPS) is 24.3. The molecule has 1 aromatic rings. The van der Waals surface area contributed by atoms with Crippen LogP contribution in [0.3, 0.4) is 0 Å². The number of aromatic nitrogens is 1. The summed E-state index contributed by atoms with van der Waals surface area (Å²) in [6.45, 7) is 6.01. The van der Waals surface area contributed by atoms with Gasteiger partial charge in [-0.3, -0.25) is 4.90 Å². The van der Waals surface area contributed by atoms with E-state index in [1.165, 1.54) is 30.7 Å². The van der Waals surface area contributed by atoms with Gasteiger partial charge in [0, 0.05) is 42.2 Å². The molecule has 1 N–H and O–H groups in total. The van der Waals surface area contributed by atoms with Crippen LogP contribution in [0.5, 0.6) is 0 Å². The van der Waals surface area contributed by atoms with Crippen molar-refractivity contribution in [1.82, 2.24) is 15.2 Å². The van der Waals surface area contributed by atoms with Crippen LogP contribution in [-0.4, -0.2) is 54.8 Å². The minimum atomic E-state index is 0.304. The van der Waals surface area contributed by atoms with Crippen LogP contribution in [0, 0.1) is 6.92 Å². The molecular weight excluding hydrogens is 282 g/mol. The smallest absolute Gasteiger partial charge is 0.0944 e. The molecule has 0 bridgehead atoms. The van der Waals surface area contributed by atoms with Gasteiger partial charge in [-0.2, -0.15) is 0 Å². The summed E-state index contributed by atoms with van der Waals surface area (Å²) in [5.41, 5.74) is 1.45. The van der Waals surface area contributed by atoms with Crippen LogP contribution < -0.4 is 5.32 Å². The van der Waals surface area contributed by atoms with Crippen LogP contribution >= 0.6 is 11.3 Å². The molecule has 1 unspecified atom stereocenters. The van der Waals surface area contributed by atoms with Crippen molar-refractivity contribution >= 4 is 11.3 Å². The van der Waals surface area contributed by atoms with Crippen molar-refractivity contribution in [1.29, 1.82) is 0 Å². The Morgan fingerprint density at radius 1 is 1.38 bits per heavy atom. The molecule has 1 atom stereocenters. The topological polar surface area (TPSA) is 37.4 Å². The summed E-state index contributed by atoms with van der Waals surface area (Å²) in [5.74, 6) is 0. The second-order valence-corrected chi connectivity index (χ2v) is 7.28. The fraction of sp³-hybridized carbons (Fsp3) is 0.812. The standard InChI is InChI=1S/C16H27N3OS/c1-13-12-21-15(18-13)11-14(17-2)16(5-3-4-6-16)19-7-9-20-10-8-19/h12,14,17H,3-11H2,1-2H3. The molecule has 1 aliphatic heterocycles. The summed E-state index contributed by atoms with van der Waals surface area (Å²) >= 11 is 1.80. The number of nitrogens with one attached hydrogen (secondary N) is 1. The van der Waals surface area contributed by atoms with Gasteiger partial charge in [0.05, 0.1) is 18.2 Å². The third-order valence-corrected chi connectivity index (χ3v) is 6.14. The van der Waals surface area contributed by atoms with Gasteiger partial charge in [0.25, 0.3) is 0 Å². The molecule has 1 saturated heterocycles. The molecule has 0 amide bonds. The van der Waals surface area contributed by atoms with E-state index in [-0.39, 0.29) is 0 Å². The third-order valence-electron chi connectivity index (χ3n) is 5.15. The first kappa shape index (κ1) is 15.4. The lowest BCUT2D eigenvalue weighted by Crippen LogP contribution is -2.62. The zero-order valence-electron chi connectivity index (χ0n) is 13.2. The lowest BCUT2D eigenvalue weighted by molar-refractivity contribution is -0.0347. The molecule has 0 spiro atoms. The monoisotopic (exact) mass is 309 g/mol. The molecular formula is C16H27N3OS. The van der Waals surface area contributed by atoms with Gasteiger partial charge in [-0.05, 0) is 26.8 Å². The molecule has 1 saturated carbocycles. The summed E-state index contributed by atoms with van der Waals surface area (Å²) in [6, 6.07) is 0.489. The summed E-state index contributed by atoms with van der Waals surface area (Å²) in [6.07, 6.45) is 6.37. The van der Waals surface area contributed by atoms with E-state index in [1.54, 1.807) is 11.3 Å². The van der Waals surface area contributed by atoms with Crippen LogP contribution in [0.2, 0.25) is 0 Å². The largest absolute Gasteiger partial charge is 0.379 e. The lowest BCUT2D eigenvalue weighted by atomic mass is 9.84. The molecule has 3 rings (SSSR count). The third kappa shape index (κ3) is 3.16. The Morgan fingerprint density at radius 3 is 2.67 bits per heavy atom. The first-order valence-corrected chi connectivity index (χ1v) is 9.04. The van der Waals surface area contributed by atoms with Crippen LogP contribution in [0.4, 0.5) is 0 Å². The molecule has 5 heteroatoms. The van der Waals surface area contributed by atoms with Crippen molar-refractivity contribution in [3.8, 4) is 0 Å². The van der Waals surface area contributed by atoms with Crippen molar-refractivity contribution < 1.29 is 4.74 Å². The fourth-order valence-corrected chi connectivity index (χ4v) is 4.93. The molecule has 2 fully saturated rings. The van der Waals surface area contributed by atoms with E-state index in [0.717, 1.165) is 38.4 Å². The number of nitrogens with zero attached hydrogens (tertiary/aromatic N) is 2. The number of thiazole rings is 1. The van der Waals surface area contributed by atoms with Crippen molar-refractivity contribution in [2.24, 2.45) is 0 Å². The Balaban J connectivity index is 1.79. The number of hydrogen-bond donors (Lipinski definition) is 1. The number of morpholine rings is 1. The van der Waals surface area contributed by atoms with E-state index in [0.29, 0.717) is 11.6 Å². The average Bonchev–Trinajstić information content (AvgIpc) is 3.15. The van der Waals surface area contributed by atoms with Crippen LogP contribution in [0.15, 0.2) is 5.38 Å². The molecule has 118 valence electrons. The number of ether oxygens (including phenoxy) is 1. The van der Waals surface area contributed by atoms with Gasteiger partial charge >= 0.3 is 0 Å². The zero-order valence-corrected chi connectivity index (χ0v) is 14.0. The molecule has 0 aromatic carbocycles. The van der Waals surface area contributed by atoms with E-state index >= 15 is 0 Å². The van der Waals surface area contributed by atoms with Gasteiger partial charge in [-0.25, -0.2) is 4.98 Å². The minimum Gasteiger partial charge on any atom is -0.379 e. The first-order chi connectivity index (χ1) is 10.2. The van der Waals surface area contributed by atoms with Crippen molar-refractivity contribution in [3.63, 3.8) is 0 Å². The van der Waals surface area contributed by atoms with Crippen molar-refractivity contribution in [2.45, 2.75) is 50.6 Å². The van der Waals surface area contributed by atoms with E-state index in [4.69, 9.17) is 4.74 Å². The Kier molecular flexibility index (Phi) is 4.94. The van der Waals surface area contributed by atoms with E-state index < -0.39 is 0 Å². The van der Waals surface area contributed by atoms with Gasteiger partial charge < -0.3 is 10.1 Å². The van der Waals surface area contributed by atoms with Gasteiger partial charge in [-0.1, -0.05) is 12.8 Å². The molecule has 4 nitrogen and oxygen atoms in total. The van der Waals surface area contributed by atoms with Gasteiger partial charge in [0.1, 0.15) is 0 Å². The number of rotatable bonds is 5. The van der Waals surface area contributed by atoms with Crippen LogP contribution in [0.25, 0.3) is 0 Å². The molecule has 2 aliphatic rings. The average molecular weight is 309 g/mol. The maximum absolute atomic E-state index is 5.57. The predicted molar refractivity (Wildman–Crippen MR) is 87.0 cm³/mol. The van der Waals surface area contributed by atoms with Crippen LogP contribution in [-0.2, 0) is 11.2 Å². The minimum absolute atomic E-state index is 0.304. The second-order valence-electron chi connectivity index (χ2n) is 6.34. The highest BCUT2D eigenvalue weighted by atomic mass is 32.1. The lowest BCUT2D eigenvalue weighted by Gasteiger charge is -2.48. The summed E-state index contributed by atoms with van der Waals surface area (Å²) in [4.78, 5) is 7.38. The van der Waals surface area contributed by atoms with Crippen LogP contribution in [0.1, 0.15) is 36.4 Å². The predicted octanol–water partition coefficient (Wildman–Crippen LogP) is 2.23. The molecule has 0 radical (unpaired) electrons. The Bertz CT molecular complexity index is 450. The number of aryl methyl sites for hydroxylation is 1. The van der Waals surface area contributed by atoms with E-state index in [9.17, 15) is 0 Å². The highest BCUT2D eigenvalue weighted by Gasteiger charge is 2.45.